The highest BCUT2D eigenvalue weighted by molar-refractivity contribution is 5.60. The van der Waals surface area contributed by atoms with Crippen molar-refractivity contribution in [2.24, 2.45) is 5.41 Å². The van der Waals surface area contributed by atoms with Gasteiger partial charge in [0.25, 0.3) is 0 Å². The van der Waals surface area contributed by atoms with E-state index in [0.29, 0.717) is 19.7 Å². The molecule has 0 amide bonds. The second-order valence-corrected chi connectivity index (χ2v) is 4.10. The Hall–Kier alpha value is -0.450. The van der Waals surface area contributed by atoms with Crippen molar-refractivity contribution in [3.05, 3.63) is 0 Å². The van der Waals surface area contributed by atoms with Crippen LogP contribution in [0.25, 0.3) is 0 Å². The van der Waals surface area contributed by atoms with Crippen LogP contribution in [0.5, 0.6) is 0 Å². The molecule has 14 heavy (non-hydrogen) atoms. The molecular formula is C10H19NO3. The summed E-state index contributed by atoms with van der Waals surface area (Å²) in [6.07, 6.45) is 2.86. The normalized spacial score (nSPS) is 27.9. The van der Waals surface area contributed by atoms with Gasteiger partial charge >= 0.3 is 0 Å². The molecule has 4 heteroatoms. The van der Waals surface area contributed by atoms with E-state index in [2.05, 4.69) is 0 Å². The van der Waals surface area contributed by atoms with E-state index in [0.717, 1.165) is 25.7 Å². The monoisotopic (exact) mass is 201 g/mol. The largest absolute Gasteiger partial charge is 0.395 e. The smallest absolute Gasteiger partial charge is 0.129 e. The number of aldehydes is 1. The molecule has 1 aliphatic heterocycles. The van der Waals surface area contributed by atoms with Gasteiger partial charge in [-0.3, -0.25) is 0 Å². The molecule has 4 nitrogen and oxygen atoms in total. The van der Waals surface area contributed by atoms with Crippen molar-refractivity contribution in [1.82, 2.24) is 4.90 Å². The lowest BCUT2D eigenvalue weighted by atomic mass is 9.83. The molecule has 1 unspecified atom stereocenters. The first kappa shape index (κ1) is 11.6. The van der Waals surface area contributed by atoms with Crippen LogP contribution in [-0.2, 0) is 9.53 Å². The van der Waals surface area contributed by atoms with Crippen LogP contribution in [0, 0.1) is 5.41 Å². The Bertz CT molecular complexity index is 178. The summed E-state index contributed by atoms with van der Waals surface area (Å²) < 4.78 is 5.33. The number of hydrogen-bond acceptors (Lipinski definition) is 4. The van der Waals surface area contributed by atoms with Crippen molar-refractivity contribution in [2.45, 2.75) is 12.8 Å². The van der Waals surface area contributed by atoms with Gasteiger partial charge < -0.3 is 19.5 Å². The van der Waals surface area contributed by atoms with Crippen molar-refractivity contribution in [1.29, 1.82) is 0 Å². The van der Waals surface area contributed by atoms with Gasteiger partial charge in [-0.25, -0.2) is 0 Å². The highest BCUT2D eigenvalue weighted by Crippen LogP contribution is 2.26. The number of nitrogens with zero attached hydrogens (tertiary/aromatic N) is 1. The van der Waals surface area contributed by atoms with Crippen LogP contribution >= 0.6 is 0 Å². The molecule has 82 valence electrons. The van der Waals surface area contributed by atoms with E-state index in [1.54, 1.807) is 0 Å². The molecule has 0 spiro atoms. The first-order valence-electron chi connectivity index (χ1n) is 5.06. The highest BCUT2D eigenvalue weighted by Gasteiger charge is 2.33. The van der Waals surface area contributed by atoms with E-state index in [4.69, 9.17) is 9.84 Å². The average molecular weight is 201 g/mol. The molecule has 1 N–H and O–H groups in total. The Balaban J connectivity index is 2.46. The minimum atomic E-state index is -0.345. The van der Waals surface area contributed by atoms with Crippen LogP contribution in [0.2, 0.25) is 0 Å². The van der Waals surface area contributed by atoms with Crippen LogP contribution in [0.1, 0.15) is 12.8 Å². The number of hydrogen-bond donors (Lipinski definition) is 1. The number of carbonyl (C=O) groups excluding carboxylic acids is 1. The van der Waals surface area contributed by atoms with Crippen molar-refractivity contribution in [2.75, 3.05) is 40.0 Å². The first-order chi connectivity index (χ1) is 6.72. The van der Waals surface area contributed by atoms with Crippen molar-refractivity contribution >= 4 is 6.29 Å². The summed E-state index contributed by atoms with van der Waals surface area (Å²) >= 11 is 0. The molecular weight excluding hydrogens is 182 g/mol. The standard InChI is InChI=1S/C10H19NO3/c1-11(4-5-12)7-10(8-13)3-2-6-14-9-10/h8,12H,2-7,9H2,1H3. The number of carbonyl (C=O) groups is 1. The first-order valence-corrected chi connectivity index (χ1v) is 5.06. The lowest BCUT2D eigenvalue weighted by Gasteiger charge is -2.35. The third-order valence-corrected chi connectivity index (χ3v) is 2.67. The lowest BCUT2D eigenvalue weighted by Crippen LogP contribution is -2.43. The van der Waals surface area contributed by atoms with Gasteiger partial charge in [-0.2, -0.15) is 0 Å². The van der Waals surface area contributed by atoms with E-state index in [-0.39, 0.29) is 12.0 Å². The maximum Gasteiger partial charge on any atom is 0.129 e. The number of rotatable bonds is 5. The molecule has 0 bridgehead atoms. The third-order valence-electron chi connectivity index (χ3n) is 2.67. The quantitative estimate of drug-likeness (QED) is 0.631. The molecule has 1 aliphatic rings. The van der Waals surface area contributed by atoms with Gasteiger partial charge in [0, 0.05) is 19.7 Å². The molecule has 0 aromatic carbocycles. The van der Waals surface area contributed by atoms with Crippen molar-refractivity contribution < 1.29 is 14.6 Å². The van der Waals surface area contributed by atoms with Gasteiger partial charge in [-0.15, -0.1) is 0 Å². The predicted octanol–water partition coefficient (Wildman–Crippen LogP) is -0.0938. The van der Waals surface area contributed by atoms with Crippen LogP contribution < -0.4 is 0 Å². The SMILES string of the molecule is CN(CCO)CC1(C=O)CCCOC1. The van der Waals surface area contributed by atoms with Crippen LogP contribution in [0.3, 0.4) is 0 Å². The van der Waals surface area contributed by atoms with E-state index in [9.17, 15) is 4.79 Å². The van der Waals surface area contributed by atoms with Crippen molar-refractivity contribution in [3.8, 4) is 0 Å². The van der Waals surface area contributed by atoms with Gasteiger partial charge in [0.05, 0.1) is 18.6 Å². The van der Waals surface area contributed by atoms with Gasteiger partial charge in [-0.05, 0) is 19.9 Å². The van der Waals surface area contributed by atoms with E-state index < -0.39 is 0 Å². The topological polar surface area (TPSA) is 49.8 Å². The highest BCUT2D eigenvalue weighted by atomic mass is 16.5. The Morgan fingerprint density at radius 3 is 2.93 bits per heavy atom. The maximum absolute atomic E-state index is 11.1. The molecule has 0 radical (unpaired) electrons. The third kappa shape index (κ3) is 3.04. The fourth-order valence-corrected chi connectivity index (χ4v) is 1.92. The molecule has 0 aromatic rings. The van der Waals surface area contributed by atoms with E-state index in [1.165, 1.54) is 0 Å². The zero-order valence-corrected chi connectivity index (χ0v) is 8.74. The Morgan fingerprint density at radius 1 is 1.64 bits per heavy atom. The van der Waals surface area contributed by atoms with Gasteiger partial charge in [0.1, 0.15) is 6.29 Å². The summed E-state index contributed by atoms with van der Waals surface area (Å²) in [7, 11) is 1.91. The summed E-state index contributed by atoms with van der Waals surface area (Å²) in [5.74, 6) is 0. The van der Waals surface area contributed by atoms with Crippen LogP contribution in [0.15, 0.2) is 0 Å². The van der Waals surface area contributed by atoms with Gasteiger partial charge in [0.2, 0.25) is 0 Å². The molecule has 0 saturated carbocycles. The summed E-state index contributed by atoms with van der Waals surface area (Å²) in [5.41, 5.74) is -0.345. The molecule has 1 atom stereocenters. The fraction of sp³-hybridized carbons (Fsp3) is 0.900. The van der Waals surface area contributed by atoms with Gasteiger partial charge in [0.15, 0.2) is 0 Å². The Morgan fingerprint density at radius 2 is 2.43 bits per heavy atom. The second-order valence-electron chi connectivity index (χ2n) is 4.10. The summed E-state index contributed by atoms with van der Waals surface area (Å²) in [5, 5.41) is 8.76. The minimum Gasteiger partial charge on any atom is -0.395 e. The minimum absolute atomic E-state index is 0.131. The molecule has 1 heterocycles. The summed E-state index contributed by atoms with van der Waals surface area (Å²) in [6, 6.07) is 0. The molecule has 0 aromatic heterocycles. The van der Waals surface area contributed by atoms with Crippen LogP contribution in [0.4, 0.5) is 0 Å². The Labute approximate surface area is 84.8 Å². The number of ether oxygens (including phenoxy) is 1. The second kappa shape index (κ2) is 5.44. The van der Waals surface area contributed by atoms with Crippen molar-refractivity contribution in [3.63, 3.8) is 0 Å². The average Bonchev–Trinajstić information content (AvgIpc) is 2.19. The number of likely N-dealkylation sites (N-methyl/N-ethyl adjacent to an activating group) is 1. The van der Waals surface area contributed by atoms with Crippen LogP contribution in [-0.4, -0.2) is 56.3 Å². The summed E-state index contributed by atoms with van der Waals surface area (Å²) in [6.45, 7) is 2.70. The Kier molecular flexibility index (Phi) is 4.51. The maximum atomic E-state index is 11.1. The number of aliphatic hydroxyl groups excluding tert-OH is 1. The molecule has 1 fully saturated rings. The zero-order valence-electron chi connectivity index (χ0n) is 8.74. The fourth-order valence-electron chi connectivity index (χ4n) is 1.92. The lowest BCUT2D eigenvalue weighted by molar-refractivity contribution is -0.125. The summed E-state index contributed by atoms with van der Waals surface area (Å²) in [4.78, 5) is 13.0. The van der Waals surface area contributed by atoms with Gasteiger partial charge in [-0.1, -0.05) is 0 Å². The number of aliphatic hydroxyl groups is 1. The predicted molar refractivity (Wildman–Crippen MR) is 53.1 cm³/mol. The van der Waals surface area contributed by atoms with E-state index >= 15 is 0 Å². The van der Waals surface area contributed by atoms with E-state index in [1.807, 2.05) is 11.9 Å². The molecule has 1 saturated heterocycles. The molecule has 1 rings (SSSR count). The molecule has 0 aliphatic carbocycles. The zero-order chi connectivity index (χ0) is 10.4.